The van der Waals surface area contributed by atoms with Crippen LogP contribution in [0.15, 0.2) is 18.2 Å². The lowest BCUT2D eigenvalue weighted by Crippen LogP contribution is -2.41. The molecular formula is C14H18F2N2O3S. The molecule has 1 aliphatic heterocycles. The number of halogens is 2. The molecule has 8 heteroatoms. The van der Waals surface area contributed by atoms with E-state index in [9.17, 15) is 22.0 Å². The Morgan fingerprint density at radius 3 is 2.68 bits per heavy atom. The summed E-state index contributed by atoms with van der Waals surface area (Å²) in [6.45, 7) is 0.336. The van der Waals surface area contributed by atoms with Gasteiger partial charge in [-0.3, -0.25) is 9.69 Å². The molecule has 0 aliphatic carbocycles. The molecule has 0 aromatic heterocycles. The zero-order chi connectivity index (χ0) is 16.3. The van der Waals surface area contributed by atoms with E-state index in [-0.39, 0.29) is 36.5 Å². The van der Waals surface area contributed by atoms with Gasteiger partial charge in [-0.05, 0) is 31.2 Å². The molecule has 1 fully saturated rings. The fourth-order valence-electron chi connectivity index (χ4n) is 2.43. The highest BCUT2D eigenvalue weighted by Gasteiger charge is 2.28. The van der Waals surface area contributed by atoms with E-state index in [2.05, 4.69) is 5.32 Å². The molecule has 122 valence electrons. The molecular weight excluding hydrogens is 314 g/mol. The van der Waals surface area contributed by atoms with Crippen LogP contribution in [0.2, 0.25) is 0 Å². The van der Waals surface area contributed by atoms with Gasteiger partial charge < -0.3 is 5.32 Å². The lowest BCUT2D eigenvalue weighted by molar-refractivity contribution is -0.122. The van der Waals surface area contributed by atoms with E-state index < -0.39 is 21.5 Å². The monoisotopic (exact) mass is 332 g/mol. The number of carbonyl (C=O) groups excluding carboxylic acids is 1. The molecule has 0 saturated carbocycles. The first-order valence-electron chi connectivity index (χ1n) is 6.87. The van der Waals surface area contributed by atoms with Crippen molar-refractivity contribution in [2.75, 3.05) is 25.1 Å². The fraction of sp³-hybridized carbons (Fsp3) is 0.500. The zero-order valence-corrected chi connectivity index (χ0v) is 13.0. The molecule has 1 atom stereocenters. The number of hydrogen-bond acceptors (Lipinski definition) is 4. The highest BCUT2D eigenvalue weighted by molar-refractivity contribution is 7.91. The van der Waals surface area contributed by atoms with Gasteiger partial charge in [0.25, 0.3) is 0 Å². The standard InChI is InChI=1S/C14H18F2N2O3S/c1-18(7-10-2-3-12(15)13(16)6-10)8-14(19)17-11-4-5-22(20,21)9-11/h2-3,6,11H,4-5,7-9H2,1H3,(H,17,19)/t11-/m0/s1. The Kier molecular flexibility index (Phi) is 5.12. The van der Waals surface area contributed by atoms with Crippen LogP contribution < -0.4 is 5.32 Å². The van der Waals surface area contributed by atoms with Crippen LogP contribution in [0, 0.1) is 11.6 Å². The predicted molar refractivity (Wildman–Crippen MR) is 77.9 cm³/mol. The maximum atomic E-state index is 13.1. The molecule has 5 nitrogen and oxygen atoms in total. The first-order chi connectivity index (χ1) is 10.2. The van der Waals surface area contributed by atoms with Crippen LogP contribution in [0.1, 0.15) is 12.0 Å². The van der Waals surface area contributed by atoms with Gasteiger partial charge in [-0.1, -0.05) is 6.07 Å². The van der Waals surface area contributed by atoms with Gasteiger partial charge in [0.2, 0.25) is 5.91 Å². The Bertz CT molecular complexity index is 664. The average molecular weight is 332 g/mol. The van der Waals surface area contributed by atoms with Crippen molar-refractivity contribution >= 4 is 15.7 Å². The Balaban J connectivity index is 1.82. The lowest BCUT2D eigenvalue weighted by Gasteiger charge is -2.18. The number of sulfone groups is 1. The third-order valence-electron chi connectivity index (χ3n) is 3.45. The Hall–Kier alpha value is -1.54. The van der Waals surface area contributed by atoms with Gasteiger partial charge in [-0.25, -0.2) is 17.2 Å². The number of benzene rings is 1. The highest BCUT2D eigenvalue weighted by atomic mass is 32.2. The van der Waals surface area contributed by atoms with Crippen molar-refractivity contribution in [1.29, 1.82) is 0 Å². The van der Waals surface area contributed by atoms with E-state index in [1.54, 1.807) is 11.9 Å². The van der Waals surface area contributed by atoms with Gasteiger partial charge in [0.15, 0.2) is 21.5 Å². The minimum Gasteiger partial charge on any atom is -0.351 e. The maximum Gasteiger partial charge on any atom is 0.234 e. The Morgan fingerprint density at radius 2 is 2.09 bits per heavy atom. The molecule has 22 heavy (non-hydrogen) atoms. The second kappa shape index (κ2) is 6.70. The first-order valence-corrected chi connectivity index (χ1v) is 8.69. The Labute approximate surface area is 128 Å². The van der Waals surface area contributed by atoms with E-state index >= 15 is 0 Å². The third-order valence-corrected chi connectivity index (χ3v) is 5.22. The van der Waals surface area contributed by atoms with Crippen molar-refractivity contribution in [2.45, 2.75) is 19.0 Å². The summed E-state index contributed by atoms with van der Waals surface area (Å²) >= 11 is 0. The summed E-state index contributed by atoms with van der Waals surface area (Å²) in [7, 11) is -1.36. The van der Waals surface area contributed by atoms with Crippen molar-refractivity contribution in [3.63, 3.8) is 0 Å². The van der Waals surface area contributed by atoms with Crippen LogP contribution in [-0.2, 0) is 21.2 Å². The van der Waals surface area contributed by atoms with Crippen LogP contribution in [0.4, 0.5) is 8.78 Å². The number of carbonyl (C=O) groups is 1. The summed E-state index contributed by atoms with van der Waals surface area (Å²) in [5.41, 5.74) is 0.553. The normalized spacial score (nSPS) is 20.3. The molecule has 1 heterocycles. The van der Waals surface area contributed by atoms with E-state index in [4.69, 9.17) is 0 Å². The lowest BCUT2D eigenvalue weighted by atomic mass is 10.2. The third kappa shape index (κ3) is 4.74. The van der Waals surface area contributed by atoms with Crippen LogP contribution >= 0.6 is 0 Å². The summed E-state index contributed by atoms with van der Waals surface area (Å²) in [4.78, 5) is 13.5. The smallest absolute Gasteiger partial charge is 0.234 e. The molecule has 1 amide bonds. The number of nitrogens with zero attached hydrogens (tertiary/aromatic N) is 1. The van der Waals surface area contributed by atoms with Crippen molar-refractivity contribution in [3.05, 3.63) is 35.4 Å². The van der Waals surface area contributed by atoms with Gasteiger partial charge in [-0.15, -0.1) is 0 Å². The minimum atomic E-state index is -3.03. The summed E-state index contributed by atoms with van der Waals surface area (Å²) in [6.07, 6.45) is 0.432. The second-order valence-corrected chi connectivity index (χ2v) is 7.82. The highest BCUT2D eigenvalue weighted by Crippen LogP contribution is 2.12. The molecule has 1 aromatic rings. The number of amides is 1. The zero-order valence-electron chi connectivity index (χ0n) is 12.2. The molecule has 0 radical (unpaired) electrons. The van der Waals surface area contributed by atoms with Gasteiger partial charge in [0, 0.05) is 12.6 Å². The fourth-order valence-corrected chi connectivity index (χ4v) is 4.11. The number of rotatable bonds is 5. The summed E-state index contributed by atoms with van der Waals surface area (Å²) in [6, 6.07) is 3.25. The van der Waals surface area contributed by atoms with Crippen LogP contribution in [0.5, 0.6) is 0 Å². The average Bonchev–Trinajstić information content (AvgIpc) is 2.72. The quantitative estimate of drug-likeness (QED) is 0.862. The molecule has 1 aromatic carbocycles. The Morgan fingerprint density at radius 1 is 1.36 bits per heavy atom. The summed E-state index contributed by atoms with van der Waals surface area (Å²) < 4.78 is 48.6. The molecule has 2 rings (SSSR count). The van der Waals surface area contributed by atoms with E-state index in [0.717, 1.165) is 12.1 Å². The first kappa shape index (κ1) is 16.8. The minimum absolute atomic E-state index is 0.0222. The molecule has 1 aliphatic rings. The van der Waals surface area contributed by atoms with Gasteiger partial charge in [0.1, 0.15) is 0 Å². The molecule has 0 bridgehead atoms. The molecule has 1 N–H and O–H groups in total. The van der Waals surface area contributed by atoms with Gasteiger partial charge >= 0.3 is 0 Å². The molecule has 1 saturated heterocycles. The van der Waals surface area contributed by atoms with Crippen molar-refractivity contribution < 1.29 is 22.0 Å². The van der Waals surface area contributed by atoms with Crippen LogP contribution in [-0.4, -0.2) is 50.4 Å². The number of nitrogens with one attached hydrogen (secondary N) is 1. The summed E-state index contributed by atoms with van der Waals surface area (Å²) in [5, 5.41) is 2.68. The van der Waals surface area contributed by atoms with Crippen molar-refractivity contribution in [1.82, 2.24) is 10.2 Å². The topological polar surface area (TPSA) is 66.5 Å². The van der Waals surface area contributed by atoms with Crippen molar-refractivity contribution in [2.24, 2.45) is 0 Å². The SMILES string of the molecule is CN(CC(=O)N[C@H]1CCS(=O)(=O)C1)Cc1ccc(F)c(F)c1. The largest absolute Gasteiger partial charge is 0.351 e. The summed E-state index contributed by atoms with van der Waals surface area (Å²) in [5.74, 6) is -2.04. The molecule has 0 unspecified atom stereocenters. The number of likely N-dealkylation sites (N-methyl/N-ethyl adjacent to an activating group) is 1. The predicted octanol–water partition coefficient (Wildman–Crippen LogP) is 0.700. The van der Waals surface area contributed by atoms with E-state index in [1.807, 2.05) is 0 Å². The molecule has 0 spiro atoms. The van der Waals surface area contributed by atoms with E-state index in [0.29, 0.717) is 12.0 Å². The maximum absolute atomic E-state index is 13.1. The van der Waals surface area contributed by atoms with E-state index in [1.165, 1.54) is 6.07 Å². The second-order valence-electron chi connectivity index (χ2n) is 5.59. The number of hydrogen-bond donors (Lipinski definition) is 1. The van der Waals surface area contributed by atoms with Crippen LogP contribution in [0.25, 0.3) is 0 Å². The van der Waals surface area contributed by atoms with Gasteiger partial charge in [-0.2, -0.15) is 0 Å². The van der Waals surface area contributed by atoms with Crippen LogP contribution in [0.3, 0.4) is 0 Å². The van der Waals surface area contributed by atoms with Gasteiger partial charge in [0.05, 0.1) is 18.1 Å². The van der Waals surface area contributed by atoms with Crippen molar-refractivity contribution in [3.8, 4) is 0 Å².